The molecule has 1 aliphatic heterocycles. The van der Waals surface area contributed by atoms with Crippen LogP contribution in [-0.4, -0.2) is 18.9 Å². The minimum Gasteiger partial charge on any atom is -0.370 e. The summed E-state index contributed by atoms with van der Waals surface area (Å²) in [5.41, 5.74) is 2.07. The molecule has 0 atom stereocenters. The number of benzene rings is 1. The highest BCUT2D eigenvalue weighted by atomic mass is 35.5. The van der Waals surface area contributed by atoms with Gasteiger partial charge in [-0.15, -0.1) is 0 Å². The van der Waals surface area contributed by atoms with Gasteiger partial charge in [0.05, 0.1) is 10.7 Å². The van der Waals surface area contributed by atoms with Crippen molar-refractivity contribution in [2.45, 2.75) is 27.2 Å². The van der Waals surface area contributed by atoms with E-state index >= 15 is 0 Å². The number of anilines is 1. The molecule has 1 aromatic rings. The van der Waals surface area contributed by atoms with E-state index in [1.807, 2.05) is 12.1 Å². The van der Waals surface area contributed by atoms with E-state index in [1.54, 1.807) is 13.0 Å². The maximum absolute atomic E-state index is 11.3. The van der Waals surface area contributed by atoms with Crippen LogP contribution in [0.1, 0.15) is 37.6 Å². The lowest BCUT2D eigenvalue weighted by Crippen LogP contribution is -2.23. The van der Waals surface area contributed by atoms with Gasteiger partial charge in [-0.25, -0.2) is 0 Å². The quantitative estimate of drug-likeness (QED) is 0.746. The minimum absolute atomic E-state index is 0.0557. The van der Waals surface area contributed by atoms with Gasteiger partial charge in [0.15, 0.2) is 5.78 Å². The molecule has 0 bridgehead atoms. The third-order valence-corrected chi connectivity index (χ3v) is 3.68. The van der Waals surface area contributed by atoms with Crippen molar-refractivity contribution in [1.82, 2.24) is 0 Å². The van der Waals surface area contributed by atoms with Crippen LogP contribution in [0.2, 0.25) is 5.02 Å². The molecule has 0 spiro atoms. The zero-order chi connectivity index (χ0) is 12.6. The molecular weight excluding hydrogens is 234 g/mol. The molecular formula is C14H18ClNO. The Hall–Kier alpha value is -1.02. The molecule has 0 amide bonds. The second-order valence-corrected chi connectivity index (χ2v) is 5.97. The van der Waals surface area contributed by atoms with Gasteiger partial charge in [0.1, 0.15) is 0 Å². The fourth-order valence-electron chi connectivity index (χ4n) is 2.30. The fourth-order valence-corrected chi connectivity index (χ4v) is 2.60. The van der Waals surface area contributed by atoms with Crippen molar-refractivity contribution in [3.8, 4) is 0 Å². The lowest BCUT2D eigenvalue weighted by Gasteiger charge is -2.22. The number of halogens is 1. The standard InChI is InChI=1S/C14H18ClNO/c1-10(17)11-4-5-13(12(15)8-11)16-7-6-14(2,3)9-16/h4-5,8H,6-7,9H2,1-3H3. The van der Waals surface area contributed by atoms with Crippen LogP contribution in [0, 0.1) is 5.41 Å². The van der Waals surface area contributed by atoms with Crippen molar-refractivity contribution in [2.24, 2.45) is 5.41 Å². The van der Waals surface area contributed by atoms with Gasteiger partial charge in [0.2, 0.25) is 0 Å². The second kappa shape index (κ2) is 4.34. The van der Waals surface area contributed by atoms with Crippen LogP contribution in [0.3, 0.4) is 0 Å². The van der Waals surface area contributed by atoms with E-state index in [-0.39, 0.29) is 5.78 Å². The van der Waals surface area contributed by atoms with Crippen LogP contribution < -0.4 is 4.90 Å². The topological polar surface area (TPSA) is 20.3 Å². The van der Waals surface area contributed by atoms with E-state index in [4.69, 9.17) is 11.6 Å². The SMILES string of the molecule is CC(=O)c1ccc(N2CCC(C)(C)C2)c(Cl)c1. The number of Topliss-reactive ketones (excluding diaryl/α,β-unsaturated/α-hetero) is 1. The number of carbonyl (C=O) groups excluding carboxylic acids is 1. The molecule has 0 aliphatic carbocycles. The molecule has 1 aliphatic rings. The maximum Gasteiger partial charge on any atom is 0.159 e. The van der Waals surface area contributed by atoms with Gasteiger partial charge in [0, 0.05) is 18.7 Å². The van der Waals surface area contributed by atoms with Gasteiger partial charge < -0.3 is 4.90 Å². The number of rotatable bonds is 2. The highest BCUT2D eigenvalue weighted by Gasteiger charge is 2.30. The van der Waals surface area contributed by atoms with Gasteiger partial charge in [-0.2, -0.15) is 0 Å². The molecule has 0 N–H and O–H groups in total. The maximum atomic E-state index is 11.3. The van der Waals surface area contributed by atoms with Crippen LogP contribution in [0.4, 0.5) is 5.69 Å². The number of carbonyl (C=O) groups is 1. The number of hydrogen-bond acceptors (Lipinski definition) is 2. The Morgan fingerprint density at radius 1 is 1.41 bits per heavy atom. The summed E-state index contributed by atoms with van der Waals surface area (Å²) in [6, 6.07) is 5.58. The number of ketones is 1. The first-order valence-electron chi connectivity index (χ1n) is 5.94. The Morgan fingerprint density at radius 2 is 2.12 bits per heavy atom. The first kappa shape index (κ1) is 12.4. The van der Waals surface area contributed by atoms with E-state index in [2.05, 4.69) is 18.7 Å². The minimum atomic E-state index is 0.0557. The first-order chi connectivity index (χ1) is 7.89. The summed E-state index contributed by atoms with van der Waals surface area (Å²) < 4.78 is 0. The molecule has 92 valence electrons. The van der Waals surface area contributed by atoms with Gasteiger partial charge >= 0.3 is 0 Å². The monoisotopic (exact) mass is 251 g/mol. The van der Waals surface area contributed by atoms with Crippen LogP contribution in [0.5, 0.6) is 0 Å². The molecule has 0 unspecified atom stereocenters. The Labute approximate surface area is 108 Å². The normalized spacial score (nSPS) is 18.5. The summed E-state index contributed by atoms with van der Waals surface area (Å²) >= 11 is 6.25. The Morgan fingerprint density at radius 3 is 2.59 bits per heavy atom. The molecule has 3 heteroatoms. The van der Waals surface area contributed by atoms with E-state index in [0.717, 1.165) is 18.8 Å². The van der Waals surface area contributed by atoms with Gasteiger partial charge in [-0.1, -0.05) is 25.4 Å². The highest BCUT2D eigenvalue weighted by Crippen LogP contribution is 2.36. The summed E-state index contributed by atoms with van der Waals surface area (Å²) in [4.78, 5) is 13.6. The van der Waals surface area contributed by atoms with Crippen LogP contribution >= 0.6 is 11.6 Å². The molecule has 2 nitrogen and oxygen atoms in total. The summed E-state index contributed by atoms with van der Waals surface area (Å²) in [6.07, 6.45) is 1.18. The van der Waals surface area contributed by atoms with Crippen molar-refractivity contribution in [1.29, 1.82) is 0 Å². The summed E-state index contributed by atoms with van der Waals surface area (Å²) in [5, 5.41) is 0.676. The average Bonchev–Trinajstić information content (AvgIpc) is 2.58. The molecule has 17 heavy (non-hydrogen) atoms. The molecule has 1 fully saturated rings. The fraction of sp³-hybridized carbons (Fsp3) is 0.500. The zero-order valence-electron chi connectivity index (χ0n) is 10.6. The second-order valence-electron chi connectivity index (χ2n) is 5.56. The smallest absolute Gasteiger partial charge is 0.159 e. The predicted molar refractivity (Wildman–Crippen MR) is 72.1 cm³/mol. The molecule has 1 aromatic carbocycles. The van der Waals surface area contributed by atoms with Crippen LogP contribution in [0.15, 0.2) is 18.2 Å². The Bertz CT molecular complexity index is 454. The third-order valence-electron chi connectivity index (χ3n) is 3.37. The lowest BCUT2D eigenvalue weighted by atomic mass is 9.93. The van der Waals surface area contributed by atoms with Gasteiger partial charge in [-0.3, -0.25) is 4.79 Å². The number of nitrogens with zero attached hydrogens (tertiary/aromatic N) is 1. The highest BCUT2D eigenvalue weighted by molar-refractivity contribution is 6.33. The summed E-state index contributed by atoms with van der Waals surface area (Å²) in [5.74, 6) is 0.0557. The van der Waals surface area contributed by atoms with Crippen molar-refractivity contribution in [2.75, 3.05) is 18.0 Å². The first-order valence-corrected chi connectivity index (χ1v) is 6.32. The molecule has 1 saturated heterocycles. The molecule has 1 heterocycles. The molecule has 0 aromatic heterocycles. The van der Waals surface area contributed by atoms with E-state index in [0.29, 0.717) is 16.0 Å². The number of hydrogen-bond donors (Lipinski definition) is 0. The van der Waals surface area contributed by atoms with Crippen molar-refractivity contribution in [3.63, 3.8) is 0 Å². The average molecular weight is 252 g/mol. The lowest BCUT2D eigenvalue weighted by molar-refractivity contribution is 0.101. The molecule has 0 radical (unpaired) electrons. The van der Waals surface area contributed by atoms with Crippen molar-refractivity contribution < 1.29 is 4.79 Å². The van der Waals surface area contributed by atoms with E-state index in [9.17, 15) is 4.79 Å². The van der Waals surface area contributed by atoms with E-state index < -0.39 is 0 Å². The van der Waals surface area contributed by atoms with Crippen LogP contribution in [-0.2, 0) is 0 Å². The van der Waals surface area contributed by atoms with Gasteiger partial charge in [0.25, 0.3) is 0 Å². The molecule has 2 rings (SSSR count). The van der Waals surface area contributed by atoms with Gasteiger partial charge in [-0.05, 0) is 37.0 Å². The predicted octanol–water partition coefficient (Wildman–Crippen LogP) is 3.78. The Kier molecular flexibility index (Phi) is 3.17. The van der Waals surface area contributed by atoms with E-state index in [1.165, 1.54) is 6.42 Å². The largest absolute Gasteiger partial charge is 0.370 e. The molecule has 0 saturated carbocycles. The third kappa shape index (κ3) is 2.63. The summed E-state index contributed by atoms with van der Waals surface area (Å²) in [6.45, 7) is 8.15. The Balaban J connectivity index is 2.26. The van der Waals surface area contributed by atoms with Crippen molar-refractivity contribution in [3.05, 3.63) is 28.8 Å². The van der Waals surface area contributed by atoms with Crippen LogP contribution in [0.25, 0.3) is 0 Å². The summed E-state index contributed by atoms with van der Waals surface area (Å²) in [7, 11) is 0. The zero-order valence-corrected chi connectivity index (χ0v) is 11.3. The van der Waals surface area contributed by atoms with Crippen molar-refractivity contribution >= 4 is 23.1 Å².